The van der Waals surface area contributed by atoms with Crippen LogP contribution in [0.5, 0.6) is 0 Å². The molecule has 2 rings (SSSR count). The fraction of sp³-hybridized carbons (Fsp3) is 0.867. The fourth-order valence-electron chi connectivity index (χ4n) is 3.51. The highest BCUT2D eigenvalue weighted by Gasteiger charge is 2.60. The van der Waals surface area contributed by atoms with Crippen LogP contribution in [0.25, 0.3) is 0 Å². The molecule has 2 bridgehead atoms. The van der Waals surface area contributed by atoms with Gasteiger partial charge in [-0.3, -0.25) is 0 Å². The summed E-state index contributed by atoms with van der Waals surface area (Å²) in [5, 5.41) is 4.35. The van der Waals surface area contributed by atoms with E-state index in [1.807, 2.05) is 20.8 Å². The largest absolute Gasteiger partial charge is 0.443 e. The van der Waals surface area contributed by atoms with E-state index in [1.165, 1.54) is 12.8 Å². The van der Waals surface area contributed by atoms with Gasteiger partial charge in [0.15, 0.2) is 0 Å². The summed E-state index contributed by atoms with van der Waals surface area (Å²) in [6.07, 6.45) is 2.97. The van der Waals surface area contributed by atoms with E-state index in [0.29, 0.717) is 5.92 Å². The van der Waals surface area contributed by atoms with Crippen molar-refractivity contribution in [3.63, 3.8) is 0 Å². The summed E-state index contributed by atoms with van der Waals surface area (Å²) < 4.78 is 5.21. The Hall–Kier alpha value is -1.06. The van der Waals surface area contributed by atoms with Gasteiger partial charge in [-0.05, 0) is 51.4 Å². The number of ether oxygens (including phenoxy) is 1. The molecule has 4 heteroatoms. The van der Waals surface area contributed by atoms with Crippen LogP contribution >= 0.6 is 0 Å². The van der Waals surface area contributed by atoms with Crippen molar-refractivity contribution in [2.24, 2.45) is 21.8 Å². The first-order chi connectivity index (χ1) is 8.56. The third-order valence-electron chi connectivity index (χ3n) is 5.19. The molecular formula is C15H26N2O2. The molecule has 0 radical (unpaired) electrons. The Morgan fingerprint density at radius 1 is 1.37 bits per heavy atom. The maximum absolute atomic E-state index is 11.6. The van der Waals surface area contributed by atoms with Crippen molar-refractivity contribution in [3.05, 3.63) is 0 Å². The molecular weight excluding hydrogens is 240 g/mol. The van der Waals surface area contributed by atoms with E-state index in [0.717, 1.165) is 12.1 Å². The van der Waals surface area contributed by atoms with Crippen LogP contribution in [-0.4, -0.2) is 17.4 Å². The molecule has 2 fully saturated rings. The number of carbonyl (C=O) groups is 1. The number of hydrazone groups is 1. The van der Waals surface area contributed by atoms with Crippen molar-refractivity contribution in [1.29, 1.82) is 0 Å². The number of carbonyl (C=O) groups excluding carboxylic acids is 1. The van der Waals surface area contributed by atoms with Crippen LogP contribution in [0, 0.1) is 16.7 Å². The highest BCUT2D eigenvalue weighted by atomic mass is 16.6. The Morgan fingerprint density at radius 3 is 2.42 bits per heavy atom. The van der Waals surface area contributed by atoms with E-state index in [1.54, 1.807) is 0 Å². The lowest BCUT2D eigenvalue weighted by Gasteiger charge is -2.34. The van der Waals surface area contributed by atoms with Gasteiger partial charge in [-0.15, -0.1) is 0 Å². The van der Waals surface area contributed by atoms with E-state index in [2.05, 4.69) is 31.3 Å². The second-order valence-corrected chi connectivity index (χ2v) is 7.67. The van der Waals surface area contributed by atoms with Crippen LogP contribution in [0.4, 0.5) is 4.79 Å². The molecule has 0 heterocycles. The molecule has 0 saturated heterocycles. The zero-order valence-electron chi connectivity index (χ0n) is 13.0. The predicted molar refractivity (Wildman–Crippen MR) is 76.0 cm³/mol. The molecule has 0 aromatic heterocycles. The number of fused-ring (bicyclic) bond motifs is 2. The maximum atomic E-state index is 11.6. The monoisotopic (exact) mass is 266 g/mol. The standard InChI is InChI=1S/C15H26N2O2/c1-13(2,3)19-12(18)17-16-11-9-10-7-8-15(11,6)14(10,4)5/h10H,7-9H2,1-6H3,(H,17,18)/b16-11+/t10-,15-/m1/s1. The van der Waals surface area contributed by atoms with Gasteiger partial charge in [-0.1, -0.05) is 20.8 Å². The lowest BCUT2D eigenvalue weighted by molar-refractivity contribution is 0.0528. The van der Waals surface area contributed by atoms with Crippen LogP contribution in [0.15, 0.2) is 5.10 Å². The van der Waals surface area contributed by atoms with E-state index < -0.39 is 11.7 Å². The predicted octanol–water partition coefficient (Wildman–Crippen LogP) is 3.71. The summed E-state index contributed by atoms with van der Waals surface area (Å²) in [6.45, 7) is 12.5. The SMILES string of the molecule is CC(C)(C)OC(=O)N/N=C1\C[C@H]2CC[C@@]1(C)C2(C)C. The van der Waals surface area contributed by atoms with E-state index in [4.69, 9.17) is 4.74 Å². The molecule has 0 spiro atoms. The van der Waals surface area contributed by atoms with Gasteiger partial charge < -0.3 is 4.74 Å². The fourth-order valence-corrected chi connectivity index (χ4v) is 3.51. The van der Waals surface area contributed by atoms with E-state index in [-0.39, 0.29) is 10.8 Å². The molecule has 0 aromatic rings. The van der Waals surface area contributed by atoms with Crippen LogP contribution in [0.1, 0.15) is 60.8 Å². The van der Waals surface area contributed by atoms with Gasteiger partial charge >= 0.3 is 6.09 Å². The lowest BCUT2D eigenvalue weighted by Crippen LogP contribution is -2.35. The Bertz CT molecular complexity index is 420. The van der Waals surface area contributed by atoms with Gasteiger partial charge in [0, 0.05) is 11.1 Å². The maximum Gasteiger partial charge on any atom is 0.428 e. The topological polar surface area (TPSA) is 50.7 Å². The Balaban J connectivity index is 2.05. The minimum absolute atomic E-state index is 0.118. The second kappa shape index (κ2) is 4.22. The number of nitrogens with zero attached hydrogens (tertiary/aromatic N) is 1. The molecule has 0 aliphatic heterocycles. The van der Waals surface area contributed by atoms with Gasteiger partial charge in [0.1, 0.15) is 5.60 Å². The first-order valence-corrected chi connectivity index (χ1v) is 7.12. The van der Waals surface area contributed by atoms with E-state index >= 15 is 0 Å². The number of amides is 1. The number of hydrogen-bond acceptors (Lipinski definition) is 3. The highest BCUT2D eigenvalue weighted by Crippen LogP contribution is 2.63. The third-order valence-corrected chi connectivity index (χ3v) is 5.19. The van der Waals surface area contributed by atoms with Gasteiger partial charge in [-0.2, -0.15) is 5.10 Å². The Labute approximate surface area is 116 Å². The van der Waals surface area contributed by atoms with Crippen molar-refractivity contribution in [2.45, 2.75) is 66.4 Å². The van der Waals surface area contributed by atoms with Crippen LogP contribution in [-0.2, 0) is 4.74 Å². The summed E-state index contributed by atoms with van der Waals surface area (Å²) in [6, 6.07) is 0. The summed E-state index contributed by atoms with van der Waals surface area (Å²) in [5.41, 5.74) is 3.59. The first-order valence-electron chi connectivity index (χ1n) is 7.12. The quantitative estimate of drug-likeness (QED) is 0.735. The van der Waals surface area contributed by atoms with Gasteiger partial charge in [0.05, 0.1) is 0 Å². The molecule has 19 heavy (non-hydrogen) atoms. The molecule has 1 amide bonds. The van der Waals surface area contributed by atoms with E-state index in [9.17, 15) is 4.79 Å². The molecule has 1 N–H and O–H groups in total. The normalized spacial score (nSPS) is 34.6. The van der Waals surface area contributed by atoms with Crippen molar-refractivity contribution in [1.82, 2.24) is 5.43 Å². The van der Waals surface area contributed by atoms with Gasteiger partial charge in [-0.25, -0.2) is 10.2 Å². The summed E-state index contributed by atoms with van der Waals surface area (Å²) in [7, 11) is 0. The summed E-state index contributed by atoms with van der Waals surface area (Å²) in [4.78, 5) is 11.6. The minimum Gasteiger partial charge on any atom is -0.443 e. The Morgan fingerprint density at radius 2 is 2.00 bits per heavy atom. The molecule has 2 atom stereocenters. The zero-order chi connectivity index (χ0) is 14.5. The molecule has 4 nitrogen and oxygen atoms in total. The average molecular weight is 266 g/mol. The van der Waals surface area contributed by atoms with Gasteiger partial charge in [0.2, 0.25) is 0 Å². The van der Waals surface area contributed by atoms with Crippen LogP contribution < -0.4 is 5.43 Å². The molecule has 2 saturated carbocycles. The van der Waals surface area contributed by atoms with Gasteiger partial charge in [0.25, 0.3) is 0 Å². The van der Waals surface area contributed by atoms with Crippen molar-refractivity contribution < 1.29 is 9.53 Å². The Kier molecular flexibility index (Phi) is 3.19. The smallest absolute Gasteiger partial charge is 0.428 e. The summed E-state index contributed by atoms with van der Waals surface area (Å²) >= 11 is 0. The lowest BCUT2D eigenvalue weighted by atomic mass is 9.70. The number of hydrogen-bond donors (Lipinski definition) is 1. The molecule has 0 unspecified atom stereocenters. The number of nitrogens with one attached hydrogen (secondary N) is 1. The first kappa shape index (κ1) is 14.4. The van der Waals surface area contributed by atoms with Crippen LogP contribution in [0.2, 0.25) is 0 Å². The van der Waals surface area contributed by atoms with Crippen molar-refractivity contribution in [3.8, 4) is 0 Å². The zero-order valence-corrected chi connectivity index (χ0v) is 13.0. The molecule has 0 aromatic carbocycles. The highest BCUT2D eigenvalue weighted by molar-refractivity contribution is 5.94. The summed E-state index contributed by atoms with van der Waals surface area (Å²) in [5.74, 6) is 0.691. The minimum atomic E-state index is -0.484. The average Bonchev–Trinajstić information content (AvgIpc) is 2.56. The third kappa shape index (κ3) is 2.37. The van der Waals surface area contributed by atoms with Crippen molar-refractivity contribution in [2.75, 3.05) is 0 Å². The molecule has 2 aliphatic carbocycles. The molecule has 108 valence electrons. The second-order valence-electron chi connectivity index (χ2n) is 7.67. The number of rotatable bonds is 1. The molecule has 2 aliphatic rings. The van der Waals surface area contributed by atoms with Crippen LogP contribution in [0.3, 0.4) is 0 Å². The van der Waals surface area contributed by atoms with Crippen molar-refractivity contribution >= 4 is 11.8 Å².